The van der Waals surface area contributed by atoms with Gasteiger partial charge in [-0.15, -0.1) is 0 Å². The molecule has 0 radical (unpaired) electrons. The van der Waals surface area contributed by atoms with Gasteiger partial charge in [-0.05, 0) is 73.6 Å². The van der Waals surface area contributed by atoms with Gasteiger partial charge in [-0.25, -0.2) is 4.98 Å². The van der Waals surface area contributed by atoms with Crippen molar-refractivity contribution in [3.05, 3.63) is 93.1 Å². The number of nitrogens with one attached hydrogen (secondary N) is 1. The van der Waals surface area contributed by atoms with E-state index in [4.69, 9.17) is 27.9 Å². The van der Waals surface area contributed by atoms with Crippen molar-refractivity contribution in [2.75, 3.05) is 18.6 Å². The van der Waals surface area contributed by atoms with E-state index in [1.54, 1.807) is 43.3 Å². The average Bonchev–Trinajstić information content (AvgIpc) is 3.50. The summed E-state index contributed by atoms with van der Waals surface area (Å²) < 4.78 is 46.1. The molecule has 6 atom stereocenters. The van der Waals surface area contributed by atoms with Crippen LogP contribution in [0.5, 0.6) is 11.5 Å². The number of phenolic OH excluding ortho intramolecular Hbond substituents is 1. The molecule has 2 aliphatic heterocycles. The highest BCUT2D eigenvalue weighted by molar-refractivity contribution is 6.33. The van der Waals surface area contributed by atoms with E-state index in [-0.39, 0.29) is 50.3 Å². The fourth-order valence-electron chi connectivity index (χ4n) is 8.81. The minimum Gasteiger partial charge on any atom is -0.504 e. The number of likely N-dealkylation sites (tertiary alicyclic amines) is 1. The van der Waals surface area contributed by atoms with Gasteiger partial charge in [0.15, 0.2) is 17.3 Å². The monoisotopic (exact) mass is 800 g/mol. The number of rotatable bonds is 10. The number of hydrazine groups is 1. The number of carbonyl (C=O) groups excluding carboxylic acids is 4. The molecule has 1 aromatic heterocycles. The van der Waals surface area contributed by atoms with Crippen molar-refractivity contribution in [3.63, 3.8) is 0 Å². The lowest BCUT2D eigenvalue weighted by molar-refractivity contribution is -0.142. The summed E-state index contributed by atoms with van der Waals surface area (Å²) in [4.78, 5) is 74.0. The molecule has 0 unspecified atom stereocenters. The van der Waals surface area contributed by atoms with Crippen molar-refractivity contribution in [1.29, 1.82) is 0 Å². The SMILES string of the molecule is CCOc1cc([C@H]2C3=CC[C@@H]4C(=O)N(CCCC(=O)O)C(=O)[C@@H]4[C@@H]3C[C@H]3C(=O)N(Nc4ncc(C(F)(F)F)cc4Cl)C(=O)[C@@]23c2ccc(Cl)cc2)ccc1O. The number of ether oxygens (including phenoxy) is 1. The van der Waals surface area contributed by atoms with Crippen molar-refractivity contribution in [2.45, 2.75) is 50.1 Å². The lowest BCUT2D eigenvalue weighted by Gasteiger charge is -2.50. The Labute approximate surface area is 321 Å². The molecule has 288 valence electrons. The Morgan fingerprint density at radius 3 is 2.42 bits per heavy atom. The van der Waals surface area contributed by atoms with Crippen LogP contribution in [0.15, 0.2) is 66.4 Å². The van der Waals surface area contributed by atoms with E-state index < -0.39 is 87.2 Å². The van der Waals surface area contributed by atoms with Crippen LogP contribution in [-0.2, 0) is 35.6 Å². The third-order valence-corrected chi connectivity index (χ3v) is 11.6. The van der Waals surface area contributed by atoms with Gasteiger partial charge in [0.2, 0.25) is 11.8 Å². The Kier molecular flexibility index (Phi) is 9.82. The molecule has 3 heterocycles. The Balaban J connectivity index is 1.41. The molecule has 2 aromatic carbocycles. The minimum atomic E-state index is -4.77. The highest BCUT2D eigenvalue weighted by Crippen LogP contribution is 2.64. The van der Waals surface area contributed by atoms with Crippen LogP contribution < -0.4 is 10.2 Å². The third kappa shape index (κ3) is 6.26. The van der Waals surface area contributed by atoms with Crippen LogP contribution in [0.25, 0.3) is 0 Å². The van der Waals surface area contributed by atoms with Crippen molar-refractivity contribution in [3.8, 4) is 11.5 Å². The Morgan fingerprint density at radius 2 is 1.76 bits per heavy atom. The highest BCUT2D eigenvalue weighted by atomic mass is 35.5. The summed E-state index contributed by atoms with van der Waals surface area (Å²) in [6, 6.07) is 11.4. The number of carboxylic acid groups (broad SMARTS) is 1. The van der Waals surface area contributed by atoms with Crippen LogP contribution in [0.1, 0.15) is 55.2 Å². The first-order valence-corrected chi connectivity index (χ1v) is 18.2. The summed E-state index contributed by atoms with van der Waals surface area (Å²) >= 11 is 12.5. The molecule has 17 heteroatoms. The number of benzene rings is 2. The third-order valence-electron chi connectivity index (χ3n) is 11.0. The number of aromatic nitrogens is 1. The molecule has 55 heavy (non-hydrogen) atoms. The maximum Gasteiger partial charge on any atom is 0.417 e. The first kappa shape index (κ1) is 38.1. The minimum absolute atomic E-state index is 0.0456. The second-order valence-electron chi connectivity index (χ2n) is 13.9. The van der Waals surface area contributed by atoms with Gasteiger partial charge < -0.3 is 14.9 Å². The number of aliphatic carboxylic acids is 1. The number of hydrogen-bond acceptors (Lipinski definition) is 9. The number of carboxylic acids is 1. The summed E-state index contributed by atoms with van der Waals surface area (Å²) in [6.45, 7) is 1.78. The molecular weight excluding hydrogens is 768 g/mol. The predicted octanol–water partition coefficient (Wildman–Crippen LogP) is 6.36. The van der Waals surface area contributed by atoms with E-state index in [2.05, 4.69) is 10.4 Å². The normalized spacial score (nSPS) is 26.1. The van der Waals surface area contributed by atoms with Gasteiger partial charge in [-0.1, -0.05) is 53.1 Å². The Hall–Kier alpha value is -5.15. The number of pyridine rings is 1. The summed E-state index contributed by atoms with van der Waals surface area (Å²) in [6.07, 6.45) is -2.64. The maximum atomic E-state index is 15.3. The number of allylic oxidation sites excluding steroid dienone is 2. The zero-order valence-corrected chi connectivity index (χ0v) is 30.5. The fourth-order valence-corrected chi connectivity index (χ4v) is 9.15. The number of nitrogens with zero attached hydrogens (tertiary/aromatic N) is 3. The Morgan fingerprint density at radius 1 is 1.04 bits per heavy atom. The average molecular weight is 802 g/mol. The van der Waals surface area contributed by atoms with E-state index in [9.17, 15) is 42.6 Å². The number of carbonyl (C=O) groups is 5. The van der Waals surface area contributed by atoms with Crippen molar-refractivity contribution in [1.82, 2.24) is 14.9 Å². The van der Waals surface area contributed by atoms with Crippen molar-refractivity contribution < 1.29 is 52.1 Å². The second kappa shape index (κ2) is 14.2. The predicted molar refractivity (Wildman–Crippen MR) is 190 cm³/mol. The Bertz CT molecular complexity index is 2150. The van der Waals surface area contributed by atoms with Gasteiger partial charge in [0.05, 0.1) is 40.4 Å². The zero-order chi connectivity index (χ0) is 39.6. The largest absolute Gasteiger partial charge is 0.504 e. The van der Waals surface area contributed by atoms with E-state index in [0.29, 0.717) is 39.0 Å². The molecule has 4 amide bonds. The molecule has 0 bridgehead atoms. The first-order chi connectivity index (χ1) is 26.1. The van der Waals surface area contributed by atoms with E-state index in [1.807, 2.05) is 6.08 Å². The second-order valence-corrected chi connectivity index (χ2v) is 14.7. The number of halogens is 5. The van der Waals surface area contributed by atoms with Crippen molar-refractivity contribution in [2.24, 2.45) is 23.7 Å². The van der Waals surface area contributed by atoms with Crippen LogP contribution in [-0.4, -0.2) is 67.9 Å². The van der Waals surface area contributed by atoms with Crippen LogP contribution in [0.3, 0.4) is 0 Å². The van der Waals surface area contributed by atoms with Gasteiger partial charge in [-0.3, -0.25) is 34.3 Å². The van der Waals surface area contributed by atoms with E-state index in [0.717, 1.165) is 4.90 Å². The number of aromatic hydroxyl groups is 1. The number of amides is 4. The zero-order valence-electron chi connectivity index (χ0n) is 29.0. The van der Waals surface area contributed by atoms with Gasteiger partial charge in [0, 0.05) is 30.1 Å². The molecule has 2 saturated heterocycles. The molecule has 3 aromatic rings. The van der Waals surface area contributed by atoms with Gasteiger partial charge >= 0.3 is 12.1 Å². The van der Waals surface area contributed by atoms with E-state index >= 15 is 4.79 Å². The molecule has 3 fully saturated rings. The smallest absolute Gasteiger partial charge is 0.417 e. The molecule has 12 nitrogen and oxygen atoms in total. The summed E-state index contributed by atoms with van der Waals surface area (Å²) in [5.41, 5.74) is 1.03. The molecular formula is C38H33Cl2F3N4O8. The molecule has 0 spiro atoms. The van der Waals surface area contributed by atoms with Gasteiger partial charge in [0.25, 0.3) is 11.8 Å². The topological polar surface area (TPSA) is 166 Å². The van der Waals surface area contributed by atoms with Gasteiger partial charge in [0.1, 0.15) is 0 Å². The van der Waals surface area contributed by atoms with E-state index in [1.165, 1.54) is 6.07 Å². The number of anilines is 1. The summed E-state index contributed by atoms with van der Waals surface area (Å²) in [5, 5.41) is 20.4. The highest BCUT2D eigenvalue weighted by Gasteiger charge is 2.70. The number of hydrogen-bond donors (Lipinski definition) is 3. The molecule has 3 N–H and O–H groups in total. The summed E-state index contributed by atoms with van der Waals surface area (Å²) in [5.74, 6) is -8.90. The molecule has 7 rings (SSSR count). The lowest BCUT2D eigenvalue weighted by Crippen LogP contribution is -2.53. The standard InChI is InChI=1S/C38H33Cl2F3N4O8/c1-2-55-28-14-18(5-12-27(28)48)31-22-10-11-23-30(35(53)46(33(23)51)13-3-4-29(49)50)24(22)16-25-34(52)47(36(54)37(25,31)19-6-8-21(39)9-7-19)45-32-26(40)15-20(17-44-32)38(41,42)43/h5-10,12,14-15,17,23-25,30-31,48H,2-4,11,13,16H2,1H3,(H,44,45)(H,49,50)/t23-,24+,25-,30-,31-,37+/m0/s1. The number of imide groups is 2. The van der Waals surface area contributed by atoms with Crippen molar-refractivity contribution >= 4 is 58.6 Å². The van der Waals surface area contributed by atoms with Crippen LogP contribution in [0.4, 0.5) is 19.0 Å². The quantitative estimate of drug-likeness (QED) is 0.155. The van der Waals surface area contributed by atoms with Crippen LogP contribution in [0, 0.1) is 23.7 Å². The fraction of sp³-hybridized carbons (Fsp3) is 0.368. The molecule has 4 aliphatic rings. The first-order valence-electron chi connectivity index (χ1n) is 17.5. The number of alkyl halides is 3. The van der Waals surface area contributed by atoms with Crippen LogP contribution in [0.2, 0.25) is 10.0 Å². The van der Waals surface area contributed by atoms with Gasteiger partial charge in [-0.2, -0.15) is 18.2 Å². The lowest BCUT2D eigenvalue weighted by atomic mass is 9.49. The summed E-state index contributed by atoms with van der Waals surface area (Å²) in [7, 11) is 0. The maximum absolute atomic E-state index is 15.3. The molecule has 2 aliphatic carbocycles. The van der Waals surface area contributed by atoms with Crippen LogP contribution >= 0.6 is 23.2 Å². The number of phenols is 1. The number of fused-ring (bicyclic) bond motifs is 4. The molecule has 1 saturated carbocycles.